The number of benzene rings is 1. The first-order chi connectivity index (χ1) is 17.7. The number of carboxylic acids is 1. The number of hydrogen-bond acceptors (Lipinski definition) is 8. The van der Waals surface area contributed by atoms with Crippen LogP contribution in [0.25, 0.3) is 0 Å². The van der Waals surface area contributed by atoms with Crippen LogP contribution in [0.4, 0.5) is 0 Å². The number of carbonyl (C=O) groups is 2. The molecular weight excluding hydrogens is 499 g/mol. The lowest BCUT2D eigenvalue weighted by molar-refractivity contribution is -0.139. The first-order valence-electron chi connectivity index (χ1n) is 13.1. The Morgan fingerprint density at radius 2 is 1.49 bits per heavy atom. The number of carbonyl (C=O) groups excluding carboxylic acids is 1. The van der Waals surface area contributed by atoms with Crippen LogP contribution in [0.15, 0.2) is 29.2 Å². The van der Waals surface area contributed by atoms with E-state index < -0.39 is 29.2 Å². The third-order valence-electron chi connectivity index (χ3n) is 6.08. The maximum atomic E-state index is 12.3. The van der Waals surface area contributed by atoms with E-state index in [1.807, 2.05) is 0 Å². The topological polar surface area (TPSA) is 191 Å². The van der Waals surface area contributed by atoms with Gasteiger partial charge in [-0.3, -0.25) is 15.4 Å². The molecule has 0 aliphatic heterocycles. The van der Waals surface area contributed by atoms with Gasteiger partial charge in [0, 0.05) is 19.5 Å². The number of sulfonamides is 1. The first-order valence-corrected chi connectivity index (χ1v) is 14.6. The number of unbranched alkanes of at least 4 members (excludes halogenated alkanes) is 9. The Bertz CT molecular complexity index is 903. The number of nitrogens with two attached hydrogens (primary N) is 1. The molecule has 13 heteroatoms. The van der Waals surface area contributed by atoms with Crippen molar-refractivity contribution in [2.45, 2.75) is 94.4 Å². The van der Waals surface area contributed by atoms with Crippen LogP contribution in [0.2, 0.25) is 0 Å². The van der Waals surface area contributed by atoms with E-state index in [-0.39, 0.29) is 16.3 Å². The zero-order valence-corrected chi connectivity index (χ0v) is 22.3. The quantitative estimate of drug-likeness (QED) is 0.0479. The number of carboxylic acid groups (broad SMARTS) is 1. The van der Waals surface area contributed by atoms with E-state index in [1.165, 1.54) is 24.3 Å². The maximum Gasteiger partial charge on any atom is 0.488 e. The number of amides is 1. The van der Waals surface area contributed by atoms with E-state index in [2.05, 4.69) is 15.5 Å². The molecule has 1 atom stereocenters. The highest BCUT2D eigenvalue weighted by Gasteiger charge is 2.17. The van der Waals surface area contributed by atoms with E-state index in [0.29, 0.717) is 38.8 Å². The smallest absolute Gasteiger partial charge is 0.480 e. The summed E-state index contributed by atoms with van der Waals surface area (Å²) < 4.78 is 27.2. The molecule has 0 saturated heterocycles. The van der Waals surface area contributed by atoms with Gasteiger partial charge in [0.2, 0.25) is 15.9 Å². The molecule has 0 aromatic heterocycles. The zero-order valence-electron chi connectivity index (χ0n) is 21.5. The molecule has 1 amide bonds. The van der Waals surface area contributed by atoms with Gasteiger partial charge in [-0.05, 0) is 49.7 Å². The van der Waals surface area contributed by atoms with Crippen molar-refractivity contribution in [2.75, 3.05) is 13.1 Å². The van der Waals surface area contributed by atoms with Gasteiger partial charge in [0.1, 0.15) is 6.04 Å². The molecule has 1 aromatic rings. The number of rotatable bonds is 22. The molecule has 0 heterocycles. The highest BCUT2D eigenvalue weighted by Crippen LogP contribution is 2.11. The third kappa shape index (κ3) is 15.1. The van der Waals surface area contributed by atoms with Crippen molar-refractivity contribution in [3.8, 4) is 0 Å². The van der Waals surface area contributed by atoms with Gasteiger partial charge >= 0.3 is 13.1 Å². The normalized spacial score (nSPS) is 12.3. The van der Waals surface area contributed by atoms with Crippen molar-refractivity contribution in [3.63, 3.8) is 0 Å². The maximum absolute atomic E-state index is 12.3. The molecule has 37 heavy (non-hydrogen) atoms. The Morgan fingerprint density at radius 1 is 0.892 bits per heavy atom. The molecule has 8 N–H and O–H groups in total. The minimum absolute atomic E-state index is 0.0161. The number of nitrogens with one attached hydrogen (secondary N) is 3. The second-order valence-corrected chi connectivity index (χ2v) is 10.9. The monoisotopic (exact) mass is 542 g/mol. The highest BCUT2D eigenvalue weighted by atomic mass is 32.2. The summed E-state index contributed by atoms with van der Waals surface area (Å²) in [6.45, 7) is 0.877. The largest absolute Gasteiger partial charge is 0.488 e. The van der Waals surface area contributed by atoms with Gasteiger partial charge in [0.25, 0.3) is 0 Å². The summed E-state index contributed by atoms with van der Waals surface area (Å²) in [5.74, 6) is 4.23. The van der Waals surface area contributed by atoms with Crippen molar-refractivity contribution in [1.82, 2.24) is 15.5 Å². The number of hydrazine groups is 1. The number of hydrogen-bond donors (Lipinski definition) is 7. The van der Waals surface area contributed by atoms with Crippen molar-refractivity contribution < 1.29 is 33.2 Å². The fraction of sp³-hybridized carbons (Fsp3) is 0.667. The van der Waals surface area contributed by atoms with Crippen LogP contribution in [0.3, 0.4) is 0 Å². The lowest BCUT2D eigenvalue weighted by Gasteiger charge is -2.10. The van der Waals surface area contributed by atoms with E-state index in [1.54, 1.807) is 0 Å². The van der Waals surface area contributed by atoms with Gasteiger partial charge in [-0.25, -0.2) is 18.6 Å². The summed E-state index contributed by atoms with van der Waals surface area (Å²) in [6.07, 6.45) is 11.3. The summed E-state index contributed by atoms with van der Waals surface area (Å²) in [5.41, 5.74) is 2.39. The molecule has 0 aliphatic rings. The predicted octanol–water partition coefficient (Wildman–Crippen LogP) is 0.749. The minimum atomic E-state index is -3.67. The second-order valence-electron chi connectivity index (χ2n) is 9.18. The van der Waals surface area contributed by atoms with Crippen LogP contribution >= 0.6 is 0 Å². The average Bonchev–Trinajstić information content (AvgIpc) is 2.86. The van der Waals surface area contributed by atoms with Gasteiger partial charge in [-0.15, -0.1) is 0 Å². The van der Waals surface area contributed by atoms with Gasteiger partial charge in [-0.2, -0.15) is 0 Å². The van der Waals surface area contributed by atoms with Crippen molar-refractivity contribution >= 4 is 34.5 Å². The molecule has 210 valence electrons. The Labute approximate surface area is 220 Å². The van der Waals surface area contributed by atoms with E-state index in [9.17, 15) is 28.1 Å². The van der Waals surface area contributed by atoms with E-state index >= 15 is 0 Å². The molecule has 11 nitrogen and oxygen atoms in total. The SMILES string of the molecule is NNC(CCCCNC(=O)CCCCCCCCCCCNS(=O)(=O)c1cccc(B(O)O)c1)C(=O)O. The lowest BCUT2D eigenvalue weighted by Crippen LogP contribution is -2.41. The second kappa shape index (κ2) is 19.1. The standard InChI is InChI=1S/C24H43BN4O7S/c26-29-22(24(31)32)15-9-11-17-27-23(30)16-8-6-4-2-1-3-5-7-10-18-28-37(35,36)21-14-12-13-20(19-21)25(33)34/h12-14,19,22,28-29,33-34H,1-11,15-18,26H2,(H,27,30)(H,31,32). The number of aliphatic carboxylic acids is 1. The predicted molar refractivity (Wildman–Crippen MR) is 143 cm³/mol. The summed E-state index contributed by atoms with van der Waals surface area (Å²) >= 11 is 0. The summed E-state index contributed by atoms with van der Waals surface area (Å²) in [4.78, 5) is 22.7. The van der Waals surface area contributed by atoms with Crippen LogP contribution in [0, 0.1) is 0 Å². The molecule has 0 fully saturated rings. The molecule has 1 rings (SSSR count). The first kappa shape index (κ1) is 33.0. The summed E-state index contributed by atoms with van der Waals surface area (Å²) in [7, 11) is -5.38. The van der Waals surface area contributed by atoms with Gasteiger partial charge in [0.05, 0.1) is 4.90 Å². The van der Waals surface area contributed by atoms with E-state index in [4.69, 9.17) is 10.9 Å². The van der Waals surface area contributed by atoms with Crippen LogP contribution in [-0.4, -0.2) is 61.7 Å². The van der Waals surface area contributed by atoms with E-state index in [0.717, 1.165) is 57.8 Å². The molecule has 0 radical (unpaired) electrons. The van der Waals surface area contributed by atoms with Crippen LogP contribution in [0.1, 0.15) is 83.5 Å². The van der Waals surface area contributed by atoms with Gasteiger partial charge in [0.15, 0.2) is 0 Å². The molecule has 0 spiro atoms. The van der Waals surface area contributed by atoms with Gasteiger partial charge in [-0.1, -0.05) is 57.1 Å². The van der Waals surface area contributed by atoms with Crippen LogP contribution in [0.5, 0.6) is 0 Å². The fourth-order valence-electron chi connectivity index (χ4n) is 3.85. The Kier molecular flexibility index (Phi) is 17.0. The molecule has 1 aromatic carbocycles. The minimum Gasteiger partial charge on any atom is -0.480 e. The Morgan fingerprint density at radius 3 is 2.08 bits per heavy atom. The average molecular weight is 543 g/mol. The summed E-state index contributed by atoms with van der Waals surface area (Å²) in [5, 5.41) is 30.1. The van der Waals surface area contributed by atoms with Crippen LogP contribution in [-0.2, 0) is 19.6 Å². The molecule has 1 unspecified atom stereocenters. The molecular formula is C24H43BN4O7S. The van der Waals surface area contributed by atoms with Crippen LogP contribution < -0.4 is 26.8 Å². The van der Waals surface area contributed by atoms with Crippen molar-refractivity contribution in [1.29, 1.82) is 0 Å². The van der Waals surface area contributed by atoms with Crippen molar-refractivity contribution in [3.05, 3.63) is 24.3 Å². The molecule has 0 saturated carbocycles. The third-order valence-corrected chi connectivity index (χ3v) is 7.54. The van der Waals surface area contributed by atoms with Crippen molar-refractivity contribution in [2.24, 2.45) is 5.84 Å². The zero-order chi connectivity index (χ0) is 27.5. The molecule has 0 aliphatic carbocycles. The molecule has 0 bridgehead atoms. The lowest BCUT2D eigenvalue weighted by atomic mass is 9.81. The fourth-order valence-corrected chi connectivity index (χ4v) is 4.98. The Balaban J connectivity index is 1.96. The Hall–Kier alpha value is -2.03. The van der Waals surface area contributed by atoms with Gasteiger partial charge < -0.3 is 20.5 Å². The highest BCUT2D eigenvalue weighted by molar-refractivity contribution is 7.89. The summed E-state index contributed by atoms with van der Waals surface area (Å²) in [6, 6.07) is 4.85.